The zero-order chi connectivity index (χ0) is 19.4. The average molecular weight is 400 g/mol. The van der Waals surface area contributed by atoms with Gasteiger partial charge >= 0.3 is 5.97 Å². The number of rotatable bonds is 13. The summed E-state index contributed by atoms with van der Waals surface area (Å²) in [4.78, 5) is 15.9. The van der Waals surface area contributed by atoms with Crippen molar-refractivity contribution in [3.63, 3.8) is 0 Å². The van der Waals surface area contributed by atoms with Gasteiger partial charge in [-0.3, -0.25) is 0 Å². The van der Waals surface area contributed by atoms with Gasteiger partial charge in [0, 0.05) is 10.6 Å². The first kappa shape index (κ1) is 17.9. The molecule has 0 aliphatic heterocycles. The lowest BCUT2D eigenvalue weighted by atomic mass is 10.0. The molecular formula is C20H32BrNO2. The molecular weight excluding hydrogens is 366 g/mol. The molecule has 0 aliphatic rings. The van der Waals surface area contributed by atoms with Crippen LogP contribution in [0.2, 0.25) is 0 Å². The quantitative estimate of drug-likeness (QED) is 0.281. The highest BCUT2D eigenvalue weighted by Crippen LogP contribution is 2.18. The number of pyridine rings is 1. The SMILES string of the molecule is [2H]c1nc(C(=O)OC)c(CCCCCCCCCCCCC)c([2H])c1Br. The predicted molar refractivity (Wildman–Crippen MR) is 103 cm³/mol. The van der Waals surface area contributed by atoms with Crippen molar-refractivity contribution >= 4 is 21.9 Å². The Morgan fingerprint density at radius 1 is 1.08 bits per heavy atom. The standard InChI is InChI=1S/C20H32BrNO2/c1-3-4-5-6-7-8-9-10-11-12-13-14-17-15-18(21)16-22-19(17)20(23)24-2/h15-16H,3-14H2,1-2H3/i15D,16D. The molecule has 136 valence electrons. The summed E-state index contributed by atoms with van der Waals surface area (Å²) in [7, 11) is 1.30. The molecule has 3 nitrogen and oxygen atoms in total. The van der Waals surface area contributed by atoms with Crippen LogP contribution in [-0.2, 0) is 11.2 Å². The molecule has 0 saturated carbocycles. The second-order valence-corrected chi connectivity index (χ2v) is 7.06. The number of carbonyl (C=O) groups excluding carboxylic acids is 1. The summed E-state index contributed by atoms with van der Waals surface area (Å²) in [6.45, 7) is 2.24. The normalized spacial score (nSPS) is 12.0. The van der Waals surface area contributed by atoms with E-state index in [0.717, 1.165) is 12.8 Å². The lowest BCUT2D eigenvalue weighted by Gasteiger charge is -2.08. The van der Waals surface area contributed by atoms with Crippen LogP contribution in [0.1, 0.15) is 96.3 Å². The van der Waals surface area contributed by atoms with Crippen LogP contribution in [0.4, 0.5) is 0 Å². The number of aromatic nitrogens is 1. The maximum atomic E-state index is 11.9. The fourth-order valence-electron chi connectivity index (χ4n) is 2.80. The molecule has 1 heterocycles. The van der Waals surface area contributed by atoms with Crippen LogP contribution in [0.3, 0.4) is 0 Å². The Morgan fingerprint density at radius 2 is 1.62 bits per heavy atom. The summed E-state index contributed by atoms with van der Waals surface area (Å²) in [6.07, 6.45) is 14.3. The molecule has 0 radical (unpaired) electrons. The molecule has 0 amide bonds. The molecule has 1 rings (SSSR count). The number of methoxy groups -OCH3 is 1. The van der Waals surface area contributed by atoms with Crippen molar-refractivity contribution in [3.8, 4) is 0 Å². The molecule has 4 heteroatoms. The first-order valence-corrected chi connectivity index (χ1v) is 10.1. The summed E-state index contributed by atoms with van der Waals surface area (Å²) < 4.78 is 21.0. The number of hydrogen-bond donors (Lipinski definition) is 0. The first-order chi connectivity index (χ1) is 12.5. The second-order valence-electron chi connectivity index (χ2n) is 6.27. The van der Waals surface area contributed by atoms with Gasteiger partial charge in [-0.1, -0.05) is 71.1 Å². The highest BCUT2D eigenvalue weighted by Gasteiger charge is 2.13. The molecule has 0 atom stereocenters. The van der Waals surface area contributed by atoms with Gasteiger partial charge in [0.2, 0.25) is 0 Å². The summed E-state index contributed by atoms with van der Waals surface area (Å²) in [5.74, 6) is -0.572. The summed E-state index contributed by atoms with van der Waals surface area (Å²) in [5, 5.41) is 0. The molecule has 0 bridgehead atoms. The van der Waals surface area contributed by atoms with Crippen LogP contribution < -0.4 is 0 Å². The minimum absolute atomic E-state index is 0.0990. The number of ether oxygens (including phenoxy) is 1. The molecule has 0 spiro atoms. The Balaban J connectivity index is 2.35. The van der Waals surface area contributed by atoms with Gasteiger partial charge in [-0.15, -0.1) is 0 Å². The lowest BCUT2D eigenvalue weighted by molar-refractivity contribution is 0.0592. The van der Waals surface area contributed by atoms with Gasteiger partial charge in [0.25, 0.3) is 0 Å². The number of unbranched alkanes of at least 4 members (excludes halogenated alkanes) is 10. The van der Waals surface area contributed by atoms with E-state index < -0.39 is 5.97 Å². The van der Waals surface area contributed by atoms with E-state index in [1.54, 1.807) is 0 Å². The van der Waals surface area contributed by atoms with Crippen molar-refractivity contribution in [1.29, 1.82) is 0 Å². The molecule has 0 fully saturated rings. The smallest absolute Gasteiger partial charge is 0.356 e. The number of carbonyl (C=O) groups is 1. The van der Waals surface area contributed by atoms with Crippen LogP contribution in [0.15, 0.2) is 16.7 Å². The largest absolute Gasteiger partial charge is 0.464 e. The van der Waals surface area contributed by atoms with Crippen molar-refractivity contribution < 1.29 is 12.3 Å². The van der Waals surface area contributed by atoms with Gasteiger partial charge in [-0.2, -0.15) is 0 Å². The number of esters is 1. The average Bonchev–Trinajstić information content (AvgIpc) is 2.64. The third kappa shape index (κ3) is 8.81. The highest BCUT2D eigenvalue weighted by molar-refractivity contribution is 9.10. The van der Waals surface area contributed by atoms with E-state index in [4.69, 9.17) is 7.48 Å². The van der Waals surface area contributed by atoms with Gasteiger partial charge in [-0.25, -0.2) is 9.78 Å². The van der Waals surface area contributed by atoms with Crippen molar-refractivity contribution in [3.05, 3.63) is 27.9 Å². The maximum Gasteiger partial charge on any atom is 0.356 e. The minimum Gasteiger partial charge on any atom is -0.464 e. The Bertz CT molecular complexity index is 567. The van der Waals surface area contributed by atoms with E-state index in [2.05, 4.69) is 27.8 Å². The van der Waals surface area contributed by atoms with Crippen LogP contribution in [0.25, 0.3) is 0 Å². The zero-order valence-corrected chi connectivity index (χ0v) is 16.7. The van der Waals surface area contributed by atoms with Crippen LogP contribution in [0, 0.1) is 0 Å². The van der Waals surface area contributed by atoms with Gasteiger partial charge in [0.1, 0.15) is 0 Å². The molecule has 0 saturated heterocycles. The first-order valence-electron chi connectivity index (χ1n) is 10.3. The summed E-state index contributed by atoms with van der Waals surface area (Å²) >= 11 is 3.22. The van der Waals surface area contributed by atoms with Crippen LogP contribution >= 0.6 is 15.9 Å². The van der Waals surface area contributed by atoms with Crippen LogP contribution in [0.5, 0.6) is 0 Å². The minimum atomic E-state index is -0.572. The molecule has 24 heavy (non-hydrogen) atoms. The Morgan fingerprint density at radius 3 is 2.17 bits per heavy atom. The Kier molecular flexibility index (Phi) is 10.00. The molecule has 1 aromatic heterocycles. The number of nitrogens with zero attached hydrogens (tertiary/aromatic N) is 1. The van der Waals surface area contributed by atoms with Crippen molar-refractivity contribution in [2.24, 2.45) is 0 Å². The van der Waals surface area contributed by atoms with Gasteiger partial charge in [-0.05, 0) is 40.4 Å². The third-order valence-corrected chi connectivity index (χ3v) is 4.60. The van der Waals surface area contributed by atoms with E-state index in [9.17, 15) is 4.79 Å². The van der Waals surface area contributed by atoms with Gasteiger partial charge in [0.05, 0.1) is 9.85 Å². The summed E-state index contributed by atoms with van der Waals surface area (Å²) in [5.41, 5.74) is 0.688. The van der Waals surface area contributed by atoms with Gasteiger partial charge < -0.3 is 4.74 Å². The third-order valence-electron chi connectivity index (χ3n) is 4.22. The second kappa shape index (κ2) is 13.4. The van der Waals surface area contributed by atoms with E-state index in [0.29, 0.717) is 16.5 Å². The van der Waals surface area contributed by atoms with E-state index in [1.807, 2.05) is 0 Å². The Labute approximate surface area is 158 Å². The molecule has 0 aliphatic carbocycles. The fourth-order valence-corrected chi connectivity index (χ4v) is 3.13. The van der Waals surface area contributed by atoms with Crippen LogP contribution in [-0.4, -0.2) is 18.1 Å². The zero-order valence-electron chi connectivity index (χ0n) is 17.1. The van der Waals surface area contributed by atoms with E-state index in [1.165, 1.54) is 64.9 Å². The topological polar surface area (TPSA) is 39.2 Å². The molecule has 0 N–H and O–H groups in total. The molecule has 0 aromatic carbocycles. The van der Waals surface area contributed by atoms with Crippen molar-refractivity contribution in [1.82, 2.24) is 4.98 Å². The van der Waals surface area contributed by atoms with Crippen molar-refractivity contribution in [2.75, 3.05) is 7.11 Å². The summed E-state index contributed by atoms with van der Waals surface area (Å²) in [6, 6.07) is 0.178. The molecule has 1 aromatic rings. The van der Waals surface area contributed by atoms with E-state index in [-0.39, 0.29) is 17.9 Å². The maximum absolute atomic E-state index is 11.9. The molecule has 0 unspecified atom stereocenters. The highest BCUT2D eigenvalue weighted by atomic mass is 79.9. The van der Waals surface area contributed by atoms with Gasteiger partial charge in [0.15, 0.2) is 5.69 Å². The fraction of sp³-hybridized carbons (Fsp3) is 0.700. The monoisotopic (exact) mass is 399 g/mol. The Hall–Kier alpha value is -0.900. The lowest BCUT2D eigenvalue weighted by Crippen LogP contribution is -2.08. The van der Waals surface area contributed by atoms with E-state index >= 15 is 0 Å². The number of halogens is 1. The number of hydrogen-bond acceptors (Lipinski definition) is 3. The van der Waals surface area contributed by atoms with Crippen molar-refractivity contribution in [2.45, 2.75) is 84.0 Å². The predicted octanol–water partition coefficient (Wildman–Crippen LogP) is 6.48.